The molecule has 7 nitrogen and oxygen atoms in total. The van der Waals surface area contributed by atoms with Crippen LogP contribution in [-0.4, -0.2) is 59.4 Å². The lowest BCUT2D eigenvalue weighted by molar-refractivity contribution is -0.136. The molecule has 0 bridgehead atoms. The lowest BCUT2D eigenvalue weighted by Crippen LogP contribution is -2.57. The Labute approximate surface area is 231 Å². The van der Waals surface area contributed by atoms with Gasteiger partial charge in [0.05, 0.1) is 6.67 Å². The number of hydrogen-bond donors (Lipinski definition) is 1. The minimum Gasteiger partial charge on any atom is -0.339 e. The van der Waals surface area contributed by atoms with Gasteiger partial charge in [0.1, 0.15) is 17.9 Å². The highest BCUT2D eigenvalue weighted by Crippen LogP contribution is 2.40. The van der Waals surface area contributed by atoms with Crippen molar-refractivity contribution >= 4 is 39.9 Å². The summed E-state index contributed by atoms with van der Waals surface area (Å²) in [5.41, 5.74) is 1.16. The Balaban J connectivity index is 1.22. The van der Waals surface area contributed by atoms with Gasteiger partial charge in [-0.15, -0.1) is 0 Å². The van der Waals surface area contributed by atoms with Crippen LogP contribution in [0.1, 0.15) is 23.2 Å². The molecule has 2 aliphatic rings. The van der Waals surface area contributed by atoms with Crippen LogP contribution in [0.5, 0.6) is 0 Å². The van der Waals surface area contributed by atoms with Gasteiger partial charge in [0.15, 0.2) is 0 Å². The minimum atomic E-state index is -0.854. The van der Waals surface area contributed by atoms with Gasteiger partial charge in [-0.1, -0.05) is 54.6 Å². The Bertz CT molecular complexity index is 1560. The Morgan fingerprint density at radius 1 is 0.825 bits per heavy atom. The highest BCUT2D eigenvalue weighted by Gasteiger charge is 2.54. The number of piperidine rings is 1. The second-order valence-corrected chi connectivity index (χ2v) is 10.3. The lowest BCUT2D eigenvalue weighted by atomic mass is 9.85. The molecule has 1 N–H and O–H groups in total. The predicted molar refractivity (Wildman–Crippen MR) is 152 cm³/mol. The third-order valence-corrected chi connectivity index (χ3v) is 7.94. The molecular weight excluding hydrogens is 507 g/mol. The average molecular weight is 537 g/mol. The molecule has 0 aliphatic carbocycles. The van der Waals surface area contributed by atoms with Crippen molar-refractivity contribution in [2.45, 2.75) is 18.4 Å². The van der Waals surface area contributed by atoms with Crippen LogP contribution in [0.15, 0.2) is 97.1 Å². The van der Waals surface area contributed by atoms with Crippen molar-refractivity contribution in [3.8, 4) is 0 Å². The summed E-state index contributed by atoms with van der Waals surface area (Å²) in [6, 6.07) is 28.8. The molecule has 3 amide bonds. The van der Waals surface area contributed by atoms with Gasteiger partial charge in [-0.25, -0.2) is 4.39 Å². The third-order valence-electron chi connectivity index (χ3n) is 7.94. The first-order valence-electron chi connectivity index (χ1n) is 13.4. The van der Waals surface area contributed by atoms with Gasteiger partial charge in [0.2, 0.25) is 5.91 Å². The molecule has 40 heavy (non-hydrogen) atoms. The van der Waals surface area contributed by atoms with E-state index in [9.17, 15) is 18.8 Å². The van der Waals surface area contributed by atoms with E-state index in [1.165, 1.54) is 24.3 Å². The number of fused-ring (bicyclic) bond motifs is 1. The lowest BCUT2D eigenvalue weighted by Gasteiger charge is -2.43. The maximum atomic E-state index is 14.0. The number of halogens is 1. The van der Waals surface area contributed by atoms with E-state index in [-0.39, 0.29) is 30.9 Å². The van der Waals surface area contributed by atoms with Crippen LogP contribution in [0.25, 0.3) is 10.8 Å². The Morgan fingerprint density at radius 2 is 1.50 bits per heavy atom. The van der Waals surface area contributed by atoms with Gasteiger partial charge >= 0.3 is 0 Å². The molecule has 202 valence electrons. The maximum Gasteiger partial charge on any atom is 0.254 e. The number of rotatable bonds is 5. The molecule has 4 aromatic carbocycles. The van der Waals surface area contributed by atoms with E-state index in [1.807, 2.05) is 77.7 Å². The van der Waals surface area contributed by atoms with Gasteiger partial charge < -0.3 is 20.0 Å². The van der Waals surface area contributed by atoms with Crippen molar-refractivity contribution < 1.29 is 18.8 Å². The second kappa shape index (κ2) is 10.4. The second-order valence-electron chi connectivity index (χ2n) is 10.3. The van der Waals surface area contributed by atoms with Crippen molar-refractivity contribution in [1.29, 1.82) is 0 Å². The summed E-state index contributed by atoms with van der Waals surface area (Å²) in [5, 5.41) is 4.67. The van der Waals surface area contributed by atoms with Crippen LogP contribution < -0.4 is 10.2 Å². The summed E-state index contributed by atoms with van der Waals surface area (Å²) in [6.07, 6.45) is 0.903. The number of hydrogen-bond acceptors (Lipinski definition) is 4. The number of nitrogens with zero attached hydrogens (tertiary/aromatic N) is 3. The molecule has 2 fully saturated rings. The fraction of sp³-hybridized carbons (Fsp3) is 0.219. The van der Waals surface area contributed by atoms with Crippen molar-refractivity contribution in [3.63, 3.8) is 0 Å². The molecule has 0 atom stereocenters. The van der Waals surface area contributed by atoms with Crippen LogP contribution in [-0.2, 0) is 9.59 Å². The minimum absolute atomic E-state index is 0.0427. The monoisotopic (exact) mass is 536 g/mol. The molecule has 0 unspecified atom stereocenters. The van der Waals surface area contributed by atoms with Gasteiger partial charge in [-0.2, -0.15) is 0 Å². The quantitative estimate of drug-likeness (QED) is 0.394. The number of para-hydroxylation sites is 1. The summed E-state index contributed by atoms with van der Waals surface area (Å²) < 4.78 is 13.3. The summed E-state index contributed by atoms with van der Waals surface area (Å²) in [4.78, 5) is 45.9. The van der Waals surface area contributed by atoms with Gasteiger partial charge in [0, 0.05) is 30.0 Å². The van der Waals surface area contributed by atoms with Crippen LogP contribution in [0.3, 0.4) is 0 Å². The van der Waals surface area contributed by atoms with Gasteiger partial charge in [0.25, 0.3) is 11.8 Å². The van der Waals surface area contributed by atoms with Crippen molar-refractivity contribution in [1.82, 2.24) is 9.80 Å². The van der Waals surface area contributed by atoms with E-state index < -0.39 is 11.4 Å². The first-order chi connectivity index (χ1) is 19.4. The summed E-state index contributed by atoms with van der Waals surface area (Å²) in [7, 11) is 0. The predicted octanol–water partition coefficient (Wildman–Crippen LogP) is 4.90. The van der Waals surface area contributed by atoms with Gasteiger partial charge in [-0.05, 0) is 66.1 Å². The topological polar surface area (TPSA) is 73.0 Å². The normalized spacial score (nSPS) is 16.5. The summed E-state index contributed by atoms with van der Waals surface area (Å²) in [6.45, 7) is 0.983. The first-order valence-corrected chi connectivity index (χ1v) is 13.4. The molecule has 0 radical (unpaired) electrons. The number of nitrogens with one attached hydrogen (secondary N) is 1. The zero-order chi connectivity index (χ0) is 27.7. The van der Waals surface area contributed by atoms with E-state index in [0.29, 0.717) is 37.2 Å². The van der Waals surface area contributed by atoms with E-state index in [2.05, 4.69) is 10.2 Å². The molecule has 8 heteroatoms. The van der Waals surface area contributed by atoms with E-state index in [1.54, 1.807) is 4.90 Å². The molecule has 0 saturated carbocycles. The number of benzene rings is 4. The Morgan fingerprint density at radius 3 is 2.25 bits per heavy atom. The zero-order valence-corrected chi connectivity index (χ0v) is 21.9. The molecule has 6 rings (SSSR count). The molecular formula is C32H29FN4O3. The smallest absolute Gasteiger partial charge is 0.254 e. The molecule has 2 heterocycles. The average Bonchev–Trinajstić information content (AvgIpc) is 3.24. The molecule has 2 aliphatic heterocycles. The highest BCUT2D eigenvalue weighted by atomic mass is 19.1. The van der Waals surface area contributed by atoms with Gasteiger partial charge in [-0.3, -0.25) is 14.4 Å². The number of carbonyl (C=O) groups excluding carboxylic acids is 3. The summed E-state index contributed by atoms with van der Waals surface area (Å²) >= 11 is 0. The number of carbonyl (C=O) groups is 3. The zero-order valence-electron chi connectivity index (χ0n) is 21.9. The largest absolute Gasteiger partial charge is 0.339 e. The fourth-order valence-corrected chi connectivity index (χ4v) is 5.89. The Hall–Kier alpha value is -4.72. The first kappa shape index (κ1) is 25.6. The summed E-state index contributed by atoms with van der Waals surface area (Å²) in [5.74, 6) is -0.909. The van der Waals surface area contributed by atoms with Crippen LogP contribution in [0.4, 0.5) is 15.8 Å². The number of anilines is 2. The molecule has 2 saturated heterocycles. The molecule has 0 aromatic heterocycles. The Kier molecular flexibility index (Phi) is 6.67. The van der Waals surface area contributed by atoms with Crippen LogP contribution >= 0.6 is 0 Å². The number of likely N-dealkylation sites (tertiary alicyclic amines) is 1. The standard InChI is InChI=1S/C32H29FN4O3/c33-24-13-15-25(16-14-24)34-29(38)21-36-22-37(26-9-2-1-3-10-26)32(31(36)40)17-19-35(20-18-32)30(39)28-12-6-8-23-7-4-5-11-27(23)28/h1-16H,17-22H2,(H,34,38). The SMILES string of the molecule is O=C(CN1CN(c2ccccc2)C2(CCN(C(=O)c3cccc4ccccc34)CC2)C1=O)Nc1ccc(F)cc1. The van der Waals surface area contributed by atoms with Crippen LogP contribution in [0.2, 0.25) is 0 Å². The fourth-order valence-electron chi connectivity index (χ4n) is 5.89. The van der Waals surface area contributed by atoms with Crippen molar-refractivity contribution in [3.05, 3.63) is 108 Å². The van der Waals surface area contributed by atoms with E-state index >= 15 is 0 Å². The number of amides is 3. The van der Waals surface area contributed by atoms with Crippen molar-refractivity contribution in [2.75, 3.05) is 36.5 Å². The molecule has 4 aromatic rings. The van der Waals surface area contributed by atoms with Crippen molar-refractivity contribution in [2.24, 2.45) is 0 Å². The highest BCUT2D eigenvalue weighted by molar-refractivity contribution is 6.07. The van der Waals surface area contributed by atoms with E-state index in [4.69, 9.17) is 0 Å². The maximum absolute atomic E-state index is 14.0. The third kappa shape index (κ3) is 4.66. The van der Waals surface area contributed by atoms with E-state index in [0.717, 1.165) is 16.5 Å². The van der Waals surface area contributed by atoms with Crippen LogP contribution in [0, 0.1) is 5.82 Å². The molecule has 1 spiro atoms.